The molecule has 1 aromatic carbocycles. The van der Waals surface area contributed by atoms with Gasteiger partial charge in [0, 0.05) is 5.56 Å². The number of hydrogen-bond acceptors (Lipinski definition) is 4. The maximum Gasteiger partial charge on any atom is 0.414 e. The summed E-state index contributed by atoms with van der Waals surface area (Å²) in [6, 6.07) is 2.66. The van der Waals surface area contributed by atoms with Gasteiger partial charge >= 0.3 is 6.18 Å². The molecule has 1 amide bonds. The third-order valence-corrected chi connectivity index (χ3v) is 2.89. The molecular weight excluding hydrogens is 347 g/mol. The first kappa shape index (κ1) is 16.6. The summed E-state index contributed by atoms with van der Waals surface area (Å²) >= 11 is 3.20. The van der Waals surface area contributed by atoms with Gasteiger partial charge in [0.15, 0.2) is 6.61 Å². The highest BCUT2D eigenvalue weighted by atomic mass is 79.9. The lowest BCUT2D eigenvalue weighted by atomic mass is 10.2. The van der Waals surface area contributed by atoms with E-state index in [0.717, 1.165) is 0 Å². The molecule has 0 aromatic heterocycles. The molecule has 0 spiro atoms. The highest BCUT2D eigenvalue weighted by Crippen LogP contribution is 2.35. The Morgan fingerprint density at radius 1 is 1.25 bits per heavy atom. The summed E-state index contributed by atoms with van der Waals surface area (Å²) in [5.74, 6) is -0.256. The van der Waals surface area contributed by atoms with Crippen molar-refractivity contribution in [1.82, 2.24) is 5.48 Å². The Kier molecular flexibility index (Phi) is 5.63. The molecule has 20 heavy (non-hydrogen) atoms. The van der Waals surface area contributed by atoms with Crippen LogP contribution in [0.4, 0.5) is 13.2 Å². The van der Waals surface area contributed by atoms with Crippen LogP contribution in [0.25, 0.3) is 0 Å². The van der Waals surface area contributed by atoms with E-state index in [1.807, 2.05) is 0 Å². The van der Waals surface area contributed by atoms with Gasteiger partial charge in [-0.3, -0.25) is 9.63 Å². The van der Waals surface area contributed by atoms with Crippen LogP contribution < -0.4 is 15.0 Å². The number of amides is 1. The number of carbonyl (C=O) groups excluding carboxylic acids is 1. The smallest absolute Gasteiger partial charge is 0.414 e. The molecule has 112 valence electrons. The lowest BCUT2D eigenvalue weighted by molar-refractivity contribution is -0.184. The summed E-state index contributed by atoms with van der Waals surface area (Å²) < 4.78 is 46.1. The van der Waals surface area contributed by atoms with Crippen molar-refractivity contribution in [3.63, 3.8) is 0 Å². The molecule has 0 aliphatic carbocycles. The number of alkyl halides is 3. The molecule has 0 aliphatic heterocycles. The normalized spacial score (nSPS) is 11.1. The average Bonchev–Trinajstić information content (AvgIpc) is 2.37. The van der Waals surface area contributed by atoms with Crippen molar-refractivity contribution >= 4 is 21.8 Å². The van der Waals surface area contributed by atoms with E-state index in [0.29, 0.717) is 16.0 Å². The summed E-state index contributed by atoms with van der Waals surface area (Å²) in [5.41, 5.74) is 1.72. The summed E-state index contributed by atoms with van der Waals surface area (Å²) in [7, 11) is 2.75. The second-order valence-corrected chi connectivity index (χ2v) is 4.32. The summed E-state index contributed by atoms with van der Waals surface area (Å²) in [5, 5.41) is 0. The van der Waals surface area contributed by atoms with Gasteiger partial charge in [-0.15, -0.1) is 0 Å². The average molecular weight is 358 g/mol. The highest BCUT2D eigenvalue weighted by molar-refractivity contribution is 9.10. The van der Waals surface area contributed by atoms with E-state index in [4.69, 9.17) is 9.47 Å². The van der Waals surface area contributed by atoms with Crippen molar-refractivity contribution in [2.24, 2.45) is 0 Å². The fourth-order valence-electron chi connectivity index (χ4n) is 1.24. The van der Waals surface area contributed by atoms with Gasteiger partial charge in [0.25, 0.3) is 5.91 Å². The van der Waals surface area contributed by atoms with Crippen LogP contribution in [-0.4, -0.2) is 32.9 Å². The van der Waals surface area contributed by atoms with E-state index < -0.39 is 18.7 Å². The Bertz CT molecular complexity index is 468. The van der Waals surface area contributed by atoms with Gasteiger partial charge in [-0.2, -0.15) is 13.2 Å². The van der Waals surface area contributed by atoms with Gasteiger partial charge in [0.1, 0.15) is 16.0 Å². The second kappa shape index (κ2) is 6.80. The minimum absolute atomic E-state index is 0.0316. The summed E-state index contributed by atoms with van der Waals surface area (Å²) in [6.07, 6.45) is -4.53. The van der Waals surface area contributed by atoms with Crippen molar-refractivity contribution < 1.29 is 32.3 Å². The van der Waals surface area contributed by atoms with Gasteiger partial charge in [-0.25, -0.2) is 5.48 Å². The maximum absolute atomic E-state index is 11.9. The fourth-order valence-corrected chi connectivity index (χ4v) is 1.80. The van der Waals surface area contributed by atoms with Gasteiger partial charge in [0.2, 0.25) is 0 Å². The van der Waals surface area contributed by atoms with Gasteiger partial charge in [0.05, 0.1) is 14.2 Å². The molecule has 0 saturated carbocycles. The maximum atomic E-state index is 11.9. The Hall–Kier alpha value is -1.48. The number of rotatable bonds is 5. The van der Waals surface area contributed by atoms with Crippen LogP contribution in [0.1, 0.15) is 10.4 Å². The number of carbonyl (C=O) groups is 1. The quantitative estimate of drug-likeness (QED) is 0.823. The van der Waals surface area contributed by atoms with Crippen molar-refractivity contribution in [2.75, 3.05) is 20.8 Å². The molecule has 9 heteroatoms. The number of ether oxygens (including phenoxy) is 2. The third-order valence-electron chi connectivity index (χ3n) is 2.11. The predicted octanol–water partition coefficient (Wildman–Crippen LogP) is 2.69. The Morgan fingerprint density at radius 2 is 1.75 bits per heavy atom. The van der Waals surface area contributed by atoms with E-state index >= 15 is 0 Å². The zero-order valence-corrected chi connectivity index (χ0v) is 12.1. The number of hydroxylamine groups is 1. The molecule has 0 saturated heterocycles. The number of benzene rings is 1. The molecule has 0 unspecified atom stereocenters. The van der Waals surface area contributed by atoms with E-state index in [1.54, 1.807) is 5.48 Å². The van der Waals surface area contributed by atoms with E-state index in [1.165, 1.54) is 26.4 Å². The molecule has 1 N–H and O–H groups in total. The zero-order chi connectivity index (χ0) is 15.3. The van der Waals surface area contributed by atoms with E-state index in [9.17, 15) is 18.0 Å². The third kappa shape index (κ3) is 4.57. The molecule has 5 nitrogen and oxygen atoms in total. The number of hydrogen-bond donors (Lipinski definition) is 1. The Morgan fingerprint density at radius 3 is 2.15 bits per heavy atom. The lowest BCUT2D eigenvalue weighted by Crippen LogP contribution is -2.29. The molecule has 0 aliphatic rings. The van der Waals surface area contributed by atoms with Crippen LogP contribution in [0.5, 0.6) is 11.5 Å². The molecular formula is C11H11BrF3NO4. The van der Waals surface area contributed by atoms with Crippen molar-refractivity contribution in [2.45, 2.75) is 6.18 Å². The molecule has 0 bridgehead atoms. The minimum Gasteiger partial charge on any atom is -0.495 e. The molecule has 0 atom stereocenters. The largest absolute Gasteiger partial charge is 0.495 e. The van der Waals surface area contributed by atoms with Crippen molar-refractivity contribution in [3.8, 4) is 11.5 Å². The first-order chi connectivity index (χ1) is 9.28. The van der Waals surface area contributed by atoms with Crippen LogP contribution in [0.15, 0.2) is 16.6 Å². The van der Waals surface area contributed by atoms with E-state index in [-0.39, 0.29) is 5.56 Å². The summed E-state index contributed by atoms with van der Waals surface area (Å²) in [4.78, 5) is 15.7. The van der Waals surface area contributed by atoms with Crippen LogP contribution >= 0.6 is 15.9 Å². The van der Waals surface area contributed by atoms with E-state index in [2.05, 4.69) is 20.8 Å². The predicted molar refractivity (Wildman–Crippen MR) is 66.7 cm³/mol. The van der Waals surface area contributed by atoms with Crippen molar-refractivity contribution in [3.05, 3.63) is 22.2 Å². The first-order valence-corrected chi connectivity index (χ1v) is 5.98. The van der Waals surface area contributed by atoms with Gasteiger partial charge < -0.3 is 9.47 Å². The Labute approximate surface area is 121 Å². The first-order valence-electron chi connectivity index (χ1n) is 5.19. The molecule has 1 aromatic rings. The summed E-state index contributed by atoms with van der Waals surface area (Å²) in [6.45, 7) is -1.58. The van der Waals surface area contributed by atoms with Crippen LogP contribution in [0.3, 0.4) is 0 Å². The fraction of sp³-hybridized carbons (Fsp3) is 0.364. The highest BCUT2D eigenvalue weighted by Gasteiger charge is 2.28. The second-order valence-electron chi connectivity index (χ2n) is 3.53. The van der Waals surface area contributed by atoms with Crippen LogP contribution in [-0.2, 0) is 4.84 Å². The Balaban J connectivity index is 2.83. The zero-order valence-electron chi connectivity index (χ0n) is 10.5. The number of nitrogens with one attached hydrogen (secondary N) is 1. The molecule has 1 rings (SSSR count). The van der Waals surface area contributed by atoms with Gasteiger partial charge in [-0.1, -0.05) is 0 Å². The lowest BCUT2D eigenvalue weighted by Gasteiger charge is -2.12. The standard InChI is InChI=1S/C11H11BrF3NO4/c1-18-7-3-6(4-8(19-2)9(7)12)10(17)16-20-5-11(13,14)15/h3-4H,5H2,1-2H3,(H,16,17). The minimum atomic E-state index is -4.53. The number of halogens is 4. The number of methoxy groups -OCH3 is 2. The topological polar surface area (TPSA) is 56.8 Å². The van der Waals surface area contributed by atoms with Crippen LogP contribution in [0.2, 0.25) is 0 Å². The molecule has 0 fully saturated rings. The van der Waals surface area contributed by atoms with Crippen molar-refractivity contribution in [1.29, 1.82) is 0 Å². The SMILES string of the molecule is COc1cc(C(=O)NOCC(F)(F)F)cc(OC)c1Br. The monoisotopic (exact) mass is 357 g/mol. The van der Waals surface area contributed by atoms with Crippen LogP contribution in [0, 0.1) is 0 Å². The molecule has 0 heterocycles. The molecule has 0 radical (unpaired) electrons. The van der Waals surface area contributed by atoms with Gasteiger partial charge in [-0.05, 0) is 28.1 Å².